The van der Waals surface area contributed by atoms with Crippen molar-refractivity contribution in [2.45, 2.75) is 39.7 Å². The Kier molecular flexibility index (Phi) is 4.84. The van der Waals surface area contributed by atoms with Crippen molar-refractivity contribution in [1.82, 2.24) is 15.5 Å². The lowest BCUT2D eigenvalue weighted by molar-refractivity contribution is 0.355. The van der Waals surface area contributed by atoms with Gasteiger partial charge >= 0.3 is 0 Å². The van der Waals surface area contributed by atoms with Gasteiger partial charge in [-0.05, 0) is 37.6 Å². The summed E-state index contributed by atoms with van der Waals surface area (Å²) >= 11 is 0. The fourth-order valence-electron chi connectivity index (χ4n) is 2.14. The van der Waals surface area contributed by atoms with Crippen LogP contribution in [0.2, 0.25) is 0 Å². The highest BCUT2D eigenvalue weighted by Gasteiger charge is 2.15. The molecular weight excluding hydrogens is 257 g/mol. The van der Waals surface area contributed by atoms with Gasteiger partial charge in [-0.25, -0.2) is 4.39 Å². The van der Waals surface area contributed by atoms with Gasteiger partial charge in [-0.1, -0.05) is 25.1 Å². The van der Waals surface area contributed by atoms with Gasteiger partial charge in [0.1, 0.15) is 5.82 Å². The lowest BCUT2D eigenvalue weighted by atomic mass is 10.1. The third-order valence-electron chi connectivity index (χ3n) is 3.32. The van der Waals surface area contributed by atoms with Crippen molar-refractivity contribution in [2.24, 2.45) is 0 Å². The molecule has 1 aromatic heterocycles. The van der Waals surface area contributed by atoms with E-state index in [1.165, 1.54) is 12.1 Å². The summed E-state index contributed by atoms with van der Waals surface area (Å²) in [4.78, 5) is 4.37. The second kappa shape index (κ2) is 6.61. The van der Waals surface area contributed by atoms with Crippen molar-refractivity contribution in [3.8, 4) is 11.4 Å². The summed E-state index contributed by atoms with van der Waals surface area (Å²) in [6.07, 6.45) is 1.68. The number of halogens is 1. The number of nitrogens with one attached hydrogen (secondary N) is 1. The molecule has 4 nitrogen and oxygen atoms in total. The molecule has 20 heavy (non-hydrogen) atoms. The van der Waals surface area contributed by atoms with Crippen molar-refractivity contribution in [2.75, 3.05) is 6.54 Å². The minimum absolute atomic E-state index is 0.295. The molecule has 1 N–H and O–H groups in total. The quantitative estimate of drug-likeness (QED) is 0.881. The lowest BCUT2D eigenvalue weighted by Crippen LogP contribution is -2.30. The molecule has 2 aromatic rings. The number of likely N-dealkylation sites (N-methyl/N-ethyl adjacent to an activating group) is 1. The van der Waals surface area contributed by atoms with E-state index in [0.717, 1.165) is 18.5 Å². The van der Waals surface area contributed by atoms with E-state index in [2.05, 4.69) is 29.3 Å². The molecule has 0 aliphatic rings. The third-order valence-corrected chi connectivity index (χ3v) is 3.32. The van der Waals surface area contributed by atoms with Gasteiger partial charge in [0.15, 0.2) is 0 Å². The largest absolute Gasteiger partial charge is 0.339 e. The standard InChI is InChI=1S/C15H20FN3O/c1-4-12(17-5-2)9-14-18-15(19-20-14)13-8-11(16)7-6-10(13)3/h6-8,12,17H,4-5,9H2,1-3H3. The maximum atomic E-state index is 13.3. The molecule has 0 fully saturated rings. The minimum Gasteiger partial charge on any atom is -0.339 e. The summed E-state index contributed by atoms with van der Waals surface area (Å²) in [7, 11) is 0. The number of hydrogen-bond acceptors (Lipinski definition) is 4. The van der Waals surface area contributed by atoms with E-state index in [1.54, 1.807) is 6.07 Å². The van der Waals surface area contributed by atoms with Crippen LogP contribution < -0.4 is 5.32 Å². The first-order valence-electron chi connectivity index (χ1n) is 6.96. The second-order valence-corrected chi connectivity index (χ2v) is 4.84. The first kappa shape index (κ1) is 14.7. The van der Waals surface area contributed by atoms with Crippen LogP contribution in [0.5, 0.6) is 0 Å². The number of hydrogen-bond donors (Lipinski definition) is 1. The number of benzene rings is 1. The van der Waals surface area contributed by atoms with Gasteiger partial charge in [0, 0.05) is 18.0 Å². The predicted octanol–water partition coefficient (Wildman–Crippen LogP) is 3.11. The first-order chi connectivity index (χ1) is 9.63. The fourth-order valence-corrected chi connectivity index (χ4v) is 2.14. The van der Waals surface area contributed by atoms with Gasteiger partial charge in [-0.15, -0.1) is 0 Å². The Morgan fingerprint density at radius 2 is 2.15 bits per heavy atom. The van der Waals surface area contributed by atoms with Crippen LogP contribution in [0.4, 0.5) is 4.39 Å². The summed E-state index contributed by atoms with van der Waals surface area (Å²) in [5.41, 5.74) is 1.61. The molecule has 0 saturated carbocycles. The highest BCUT2D eigenvalue weighted by atomic mass is 19.1. The summed E-state index contributed by atoms with van der Waals surface area (Å²) in [6, 6.07) is 4.90. The Morgan fingerprint density at radius 3 is 2.85 bits per heavy atom. The molecule has 1 aromatic carbocycles. The Labute approximate surface area is 118 Å². The molecule has 0 amide bonds. The van der Waals surface area contributed by atoms with Gasteiger partial charge in [-0.2, -0.15) is 4.98 Å². The molecule has 1 atom stereocenters. The maximum Gasteiger partial charge on any atom is 0.228 e. The van der Waals surface area contributed by atoms with Crippen molar-refractivity contribution >= 4 is 0 Å². The topological polar surface area (TPSA) is 51.0 Å². The predicted molar refractivity (Wildman–Crippen MR) is 75.9 cm³/mol. The Hall–Kier alpha value is -1.75. The van der Waals surface area contributed by atoms with E-state index >= 15 is 0 Å². The minimum atomic E-state index is -0.295. The highest BCUT2D eigenvalue weighted by Crippen LogP contribution is 2.21. The molecular formula is C15H20FN3O. The molecule has 0 spiro atoms. The molecule has 0 aliphatic carbocycles. The van der Waals surface area contributed by atoms with Crippen molar-refractivity contribution < 1.29 is 8.91 Å². The average molecular weight is 277 g/mol. The summed E-state index contributed by atoms with van der Waals surface area (Å²) in [6.45, 7) is 6.99. The normalized spacial score (nSPS) is 12.6. The van der Waals surface area contributed by atoms with Crippen molar-refractivity contribution in [3.05, 3.63) is 35.5 Å². The van der Waals surface area contributed by atoms with Crippen LogP contribution in [-0.4, -0.2) is 22.7 Å². The molecule has 2 rings (SSSR count). The van der Waals surface area contributed by atoms with Crippen LogP contribution >= 0.6 is 0 Å². The smallest absolute Gasteiger partial charge is 0.228 e. The first-order valence-corrected chi connectivity index (χ1v) is 6.96. The van der Waals surface area contributed by atoms with E-state index < -0.39 is 0 Å². The van der Waals surface area contributed by atoms with Crippen molar-refractivity contribution in [3.63, 3.8) is 0 Å². The van der Waals surface area contributed by atoms with Crippen LogP contribution in [-0.2, 0) is 6.42 Å². The number of nitrogens with zero attached hydrogens (tertiary/aromatic N) is 2. The molecule has 0 bridgehead atoms. The highest BCUT2D eigenvalue weighted by molar-refractivity contribution is 5.59. The zero-order chi connectivity index (χ0) is 14.5. The van der Waals surface area contributed by atoms with Gasteiger partial charge in [0.25, 0.3) is 0 Å². The van der Waals surface area contributed by atoms with Gasteiger partial charge in [0.05, 0.1) is 0 Å². The number of aromatic nitrogens is 2. The molecule has 108 valence electrons. The lowest BCUT2D eigenvalue weighted by Gasteiger charge is -2.12. The van der Waals surface area contributed by atoms with Gasteiger partial charge in [-0.3, -0.25) is 0 Å². The Morgan fingerprint density at radius 1 is 1.35 bits per heavy atom. The van der Waals surface area contributed by atoms with Gasteiger partial charge in [0.2, 0.25) is 11.7 Å². The third kappa shape index (κ3) is 3.42. The van der Waals surface area contributed by atoms with Crippen LogP contribution in [0.1, 0.15) is 31.7 Å². The van der Waals surface area contributed by atoms with Crippen LogP contribution in [0.15, 0.2) is 22.7 Å². The number of rotatable bonds is 6. The Balaban J connectivity index is 2.18. The van der Waals surface area contributed by atoms with E-state index in [-0.39, 0.29) is 5.82 Å². The van der Waals surface area contributed by atoms with Crippen LogP contribution in [0, 0.1) is 12.7 Å². The number of aryl methyl sites for hydroxylation is 1. The van der Waals surface area contributed by atoms with E-state index in [0.29, 0.717) is 29.7 Å². The fraction of sp³-hybridized carbons (Fsp3) is 0.467. The van der Waals surface area contributed by atoms with Crippen LogP contribution in [0.3, 0.4) is 0 Å². The molecule has 0 aliphatic heterocycles. The van der Waals surface area contributed by atoms with E-state index in [1.807, 2.05) is 6.92 Å². The Bertz CT molecular complexity index is 568. The average Bonchev–Trinajstić information content (AvgIpc) is 2.89. The zero-order valence-electron chi connectivity index (χ0n) is 12.1. The van der Waals surface area contributed by atoms with E-state index in [4.69, 9.17) is 4.52 Å². The summed E-state index contributed by atoms with van der Waals surface area (Å²) in [5.74, 6) is 0.732. The zero-order valence-corrected chi connectivity index (χ0v) is 12.1. The summed E-state index contributed by atoms with van der Waals surface area (Å²) in [5, 5.41) is 7.32. The van der Waals surface area contributed by atoms with Gasteiger partial charge < -0.3 is 9.84 Å². The molecule has 0 saturated heterocycles. The maximum absolute atomic E-state index is 13.3. The molecule has 1 unspecified atom stereocenters. The van der Waals surface area contributed by atoms with Crippen LogP contribution in [0.25, 0.3) is 11.4 Å². The monoisotopic (exact) mass is 277 g/mol. The van der Waals surface area contributed by atoms with E-state index in [9.17, 15) is 4.39 Å². The second-order valence-electron chi connectivity index (χ2n) is 4.84. The molecule has 0 radical (unpaired) electrons. The van der Waals surface area contributed by atoms with Crippen molar-refractivity contribution in [1.29, 1.82) is 0 Å². The summed E-state index contributed by atoms with van der Waals surface area (Å²) < 4.78 is 18.6. The molecule has 1 heterocycles. The molecule has 5 heteroatoms. The SMILES string of the molecule is CCNC(CC)Cc1nc(-c2cc(F)ccc2C)no1.